The van der Waals surface area contributed by atoms with Gasteiger partial charge in [0.2, 0.25) is 9.47 Å². The molecule has 0 radical (unpaired) electrons. The van der Waals surface area contributed by atoms with Crippen LogP contribution in [0, 0.1) is 0 Å². The van der Waals surface area contributed by atoms with Crippen molar-refractivity contribution in [1.29, 1.82) is 0 Å². The van der Waals surface area contributed by atoms with Gasteiger partial charge in [-0.3, -0.25) is 5.32 Å². The Morgan fingerprint density at radius 2 is 1.77 bits per heavy atom. The predicted molar refractivity (Wildman–Crippen MR) is 103 cm³/mol. The minimum atomic E-state index is -4.02. The number of anilines is 2. The van der Waals surface area contributed by atoms with Crippen LogP contribution in [-0.2, 0) is 14.8 Å². The van der Waals surface area contributed by atoms with Gasteiger partial charge < -0.3 is 30.5 Å². The summed E-state index contributed by atoms with van der Waals surface area (Å²) in [5.41, 5.74) is 0.789. The number of ether oxygens (including phenoxy) is 1. The molecule has 164 valence electrons. The first-order chi connectivity index (χ1) is 14.1. The number of carbonyl (C=O) groups excluding carboxylic acids is 1. The van der Waals surface area contributed by atoms with Crippen LogP contribution in [0.1, 0.15) is 11.7 Å². The zero-order valence-corrected chi connectivity index (χ0v) is 16.7. The molecule has 0 saturated carbocycles. The second-order valence-electron chi connectivity index (χ2n) is 6.37. The van der Waals surface area contributed by atoms with Crippen LogP contribution in [0.5, 0.6) is 0 Å². The van der Waals surface area contributed by atoms with Crippen LogP contribution < -0.4 is 15.8 Å². The molecular formula is C15H19N5O8S2. The molecule has 3 rings (SSSR count). The van der Waals surface area contributed by atoms with Gasteiger partial charge in [0.1, 0.15) is 30.5 Å². The molecule has 0 aliphatic carbocycles. The minimum absolute atomic E-state index is 0.0746. The van der Waals surface area contributed by atoms with E-state index in [-0.39, 0.29) is 5.13 Å². The van der Waals surface area contributed by atoms with E-state index >= 15 is 0 Å². The number of benzene rings is 1. The first kappa shape index (κ1) is 22.4. The van der Waals surface area contributed by atoms with E-state index in [0.29, 0.717) is 22.6 Å². The van der Waals surface area contributed by atoms with Crippen LogP contribution >= 0.6 is 11.3 Å². The van der Waals surface area contributed by atoms with Crippen molar-refractivity contribution in [2.24, 2.45) is 5.14 Å². The van der Waals surface area contributed by atoms with Gasteiger partial charge in [-0.05, 0) is 17.7 Å². The second-order valence-corrected chi connectivity index (χ2v) is 9.08. The fraction of sp³-hybridized carbons (Fsp3) is 0.400. The number of aliphatic hydroxyl groups excluding tert-OH is 4. The summed E-state index contributed by atoms with van der Waals surface area (Å²) in [5, 5.41) is 55.7. The van der Waals surface area contributed by atoms with Crippen molar-refractivity contribution < 1.29 is 38.4 Å². The van der Waals surface area contributed by atoms with Crippen molar-refractivity contribution in [2.75, 3.05) is 17.2 Å². The summed E-state index contributed by atoms with van der Waals surface area (Å²) < 4.78 is 27.4. The lowest BCUT2D eigenvalue weighted by molar-refractivity contribution is -0.231. The maximum absolute atomic E-state index is 12.0. The van der Waals surface area contributed by atoms with Crippen LogP contribution in [0.4, 0.5) is 15.6 Å². The van der Waals surface area contributed by atoms with Crippen LogP contribution in [0.25, 0.3) is 0 Å². The molecule has 30 heavy (non-hydrogen) atoms. The van der Waals surface area contributed by atoms with Crippen LogP contribution in [-0.4, -0.2) is 76.1 Å². The fourth-order valence-corrected chi connectivity index (χ4v) is 4.10. The molecule has 13 nitrogen and oxygen atoms in total. The number of nitrogens with zero attached hydrogens (tertiary/aromatic N) is 2. The van der Waals surface area contributed by atoms with E-state index in [0.717, 1.165) is 0 Å². The lowest BCUT2D eigenvalue weighted by Gasteiger charge is -2.40. The molecule has 1 saturated heterocycles. The highest BCUT2D eigenvalue weighted by Gasteiger charge is 2.43. The van der Waals surface area contributed by atoms with E-state index in [9.17, 15) is 33.6 Å². The molecule has 2 heterocycles. The maximum Gasteiger partial charge on any atom is 0.325 e. The van der Waals surface area contributed by atoms with Crippen LogP contribution in [0.15, 0.2) is 28.6 Å². The average molecular weight is 461 g/mol. The highest BCUT2D eigenvalue weighted by Crippen LogP contribution is 2.32. The SMILES string of the molecule is NS(=O)(=O)c1nnc(NC(=O)Nc2ccc([C@H]3O[C@H](CO)[C@@H](O)[C@H](O)[C@@H]3O)cc2)s1. The number of sulfonamides is 1. The molecule has 1 aliphatic heterocycles. The van der Waals surface area contributed by atoms with Gasteiger partial charge in [0.15, 0.2) is 0 Å². The smallest absolute Gasteiger partial charge is 0.325 e. The number of nitrogens with one attached hydrogen (secondary N) is 2. The van der Waals surface area contributed by atoms with Crippen molar-refractivity contribution >= 4 is 38.2 Å². The van der Waals surface area contributed by atoms with Crippen molar-refractivity contribution in [3.05, 3.63) is 29.8 Å². The number of hydrogen-bond acceptors (Lipinski definition) is 11. The Morgan fingerprint density at radius 1 is 1.10 bits per heavy atom. The predicted octanol–water partition coefficient (Wildman–Crippen LogP) is -1.66. The lowest BCUT2D eigenvalue weighted by Crippen LogP contribution is -2.55. The molecule has 15 heteroatoms. The molecule has 1 fully saturated rings. The second kappa shape index (κ2) is 8.86. The molecule has 0 bridgehead atoms. The van der Waals surface area contributed by atoms with Gasteiger partial charge in [0.25, 0.3) is 10.0 Å². The summed E-state index contributed by atoms with van der Waals surface area (Å²) in [5.74, 6) is 0. The number of rotatable bonds is 5. The summed E-state index contributed by atoms with van der Waals surface area (Å²) in [6.07, 6.45) is -6.41. The van der Waals surface area contributed by atoms with Crippen molar-refractivity contribution in [2.45, 2.75) is 34.9 Å². The quantitative estimate of drug-likeness (QED) is 0.251. The molecule has 0 spiro atoms. The van der Waals surface area contributed by atoms with Gasteiger partial charge >= 0.3 is 6.03 Å². The zero-order valence-electron chi connectivity index (χ0n) is 15.1. The van der Waals surface area contributed by atoms with E-state index in [4.69, 9.17) is 9.88 Å². The van der Waals surface area contributed by atoms with Gasteiger partial charge in [-0.25, -0.2) is 18.4 Å². The standard InChI is InChI=1S/C15H19N5O8S2/c16-30(26,27)15-20-19-14(29-15)18-13(25)17-7-3-1-6(2-4-7)12-11(24)10(23)9(22)8(5-21)28-12/h1-4,8-12,21-24H,5H2,(H2,16,26,27)(H2,17,18,19,25)/t8-,9-,10+,11+,12-/m1/s1. The fourth-order valence-electron chi connectivity index (χ4n) is 2.77. The van der Waals surface area contributed by atoms with Crippen molar-refractivity contribution in [3.8, 4) is 0 Å². The summed E-state index contributed by atoms with van der Waals surface area (Å²) in [6, 6.07) is 5.31. The Morgan fingerprint density at radius 3 is 2.33 bits per heavy atom. The monoisotopic (exact) mass is 461 g/mol. The summed E-state index contributed by atoms with van der Waals surface area (Å²) in [7, 11) is -4.02. The Bertz CT molecular complexity index is 997. The Balaban J connectivity index is 1.64. The van der Waals surface area contributed by atoms with E-state index in [1.807, 2.05) is 0 Å². The molecule has 1 aromatic heterocycles. The third-order valence-electron chi connectivity index (χ3n) is 4.26. The van der Waals surface area contributed by atoms with Crippen LogP contribution in [0.3, 0.4) is 0 Å². The number of amides is 2. The number of primary sulfonamides is 1. The van der Waals surface area contributed by atoms with Crippen molar-refractivity contribution in [1.82, 2.24) is 10.2 Å². The van der Waals surface area contributed by atoms with Gasteiger partial charge in [0, 0.05) is 5.69 Å². The van der Waals surface area contributed by atoms with E-state index in [1.165, 1.54) is 24.3 Å². The summed E-state index contributed by atoms with van der Waals surface area (Å²) in [4.78, 5) is 12.0. The Labute approximate surface area is 174 Å². The van der Waals surface area contributed by atoms with E-state index in [2.05, 4.69) is 20.8 Å². The van der Waals surface area contributed by atoms with E-state index < -0.39 is 57.5 Å². The third kappa shape index (κ3) is 4.90. The third-order valence-corrected chi connectivity index (χ3v) is 6.41. The first-order valence-electron chi connectivity index (χ1n) is 8.45. The zero-order chi connectivity index (χ0) is 22.1. The highest BCUT2D eigenvalue weighted by molar-refractivity contribution is 7.91. The lowest BCUT2D eigenvalue weighted by atomic mass is 9.91. The molecule has 0 unspecified atom stereocenters. The van der Waals surface area contributed by atoms with Gasteiger partial charge in [-0.1, -0.05) is 23.5 Å². The Hall–Kier alpha value is -2.24. The molecule has 2 aromatic rings. The molecule has 2 amide bonds. The van der Waals surface area contributed by atoms with Crippen LogP contribution in [0.2, 0.25) is 0 Å². The number of nitrogens with two attached hydrogens (primary N) is 1. The van der Waals surface area contributed by atoms with Gasteiger partial charge in [-0.2, -0.15) is 0 Å². The molecule has 5 atom stereocenters. The number of hydrogen-bond donors (Lipinski definition) is 7. The molecule has 1 aliphatic rings. The topological polar surface area (TPSA) is 217 Å². The van der Waals surface area contributed by atoms with Gasteiger partial charge in [0.05, 0.1) is 6.61 Å². The summed E-state index contributed by atoms with van der Waals surface area (Å²) >= 11 is 0.587. The Kier molecular flexibility index (Phi) is 6.63. The maximum atomic E-state index is 12.0. The number of aromatic nitrogens is 2. The molecular weight excluding hydrogens is 442 g/mol. The largest absolute Gasteiger partial charge is 0.394 e. The first-order valence-corrected chi connectivity index (χ1v) is 10.8. The molecule has 1 aromatic carbocycles. The van der Waals surface area contributed by atoms with Gasteiger partial charge in [-0.15, -0.1) is 10.2 Å². The number of aliphatic hydroxyl groups is 4. The minimum Gasteiger partial charge on any atom is -0.394 e. The van der Waals surface area contributed by atoms with Crippen molar-refractivity contribution in [3.63, 3.8) is 0 Å². The average Bonchev–Trinajstić information content (AvgIpc) is 3.16. The number of urea groups is 1. The van der Waals surface area contributed by atoms with E-state index in [1.54, 1.807) is 0 Å². The highest BCUT2D eigenvalue weighted by atomic mass is 32.2. The summed E-state index contributed by atoms with van der Waals surface area (Å²) in [6.45, 7) is -0.542. The number of carbonyl (C=O) groups is 1. The normalized spacial score (nSPS) is 26.9. The molecule has 8 N–H and O–H groups in total.